The molecule has 17 heavy (non-hydrogen) atoms. The first kappa shape index (κ1) is 12.5. The number of ether oxygens (including phenoxy) is 1. The molecule has 92 valence electrons. The highest BCUT2D eigenvalue weighted by molar-refractivity contribution is 6.49. The molecule has 1 aliphatic rings. The lowest BCUT2D eigenvalue weighted by atomic mass is 10.2. The number of alkyl halides is 2. The van der Waals surface area contributed by atoms with Gasteiger partial charge in [-0.2, -0.15) is 0 Å². The first-order valence-electron chi connectivity index (χ1n) is 5.38. The van der Waals surface area contributed by atoms with Crippen molar-refractivity contribution in [3.63, 3.8) is 0 Å². The van der Waals surface area contributed by atoms with Crippen molar-refractivity contribution < 1.29 is 9.53 Å². The van der Waals surface area contributed by atoms with E-state index in [4.69, 9.17) is 23.2 Å². The van der Waals surface area contributed by atoms with Gasteiger partial charge in [0.2, 0.25) is 0 Å². The number of rotatable bonds is 2. The van der Waals surface area contributed by atoms with Crippen molar-refractivity contribution in [3.05, 3.63) is 29.8 Å². The molecule has 0 spiro atoms. The highest BCUT2D eigenvalue weighted by Crippen LogP contribution is 2.40. The fraction of sp³-hybridized carbons (Fsp3) is 0.417. The van der Waals surface area contributed by atoms with Crippen LogP contribution in [0.4, 0.5) is 5.69 Å². The summed E-state index contributed by atoms with van der Waals surface area (Å²) in [7, 11) is 1.36. The van der Waals surface area contributed by atoms with Gasteiger partial charge in [0.15, 0.2) is 4.46 Å². The average Bonchev–Trinajstić information content (AvgIpc) is 2.68. The van der Waals surface area contributed by atoms with Gasteiger partial charge in [-0.25, -0.2) is 4.79 Å². The van der Waals surface area contributed by atoms with Gasteiger partial charge in [-0.15, -0.1) is 0 Å². The summed E-state index contributed by atoms with van der Waals surface area (Å²) in [6.45, 7) is 0.789. The maximum Gasteiger partial charge on any atom is 0.337 e. The van der Waals surface area contributed by atoms with Crippen molar-refractivity contribution in [2.75, 3.05) is 18.6 Å². The molecule has 3 nitrogen and oxygen atoms in total. The number of anilines is 1. The molecule has 5 heteroatoms. The largest absolute Gasteiger partial charge is 0.465 e. The zero-order valence-electron chi connectivity index (χ0n) is 9.45. The SMILES string of the molecule is COC(=O)c1cccc(N2CCCC2(Cl)Cl)c1. The third-order valence-electron chi connectivity index (χ3n) is 2.83. The zero-order chi connectivity index (χ0) is 12.5. The summed E-state index contributed by atoms with van der Waals surface area (Å²) >= 11 is 12.4. The Labute approximate surface area is 110 Å². The van der Waals surface area contributed by atoms with Gasteiger partial charge in [-0.05, 0) is 24.6 Å². The molecule has 0 aliphatic carbocycles. The molecule has 0 radical (unpaired) electrons. The molecule has 0 unspecified atom stereocenters. The van der Waals surface area contributed by atoms with Crippen molar-refractivity contribution in [3.8, 4) is 0 Å². The van der Waals surface area contributed by atoms with Crippen molar-refractivity contribution in [1.82, 2.24) is 0 Å². The van der Waals surface area contributed by atoms with Crippen LogP contribution in [0.2, 0.25) is 0 Å². The molecule has 2 rings (SSSR count). The summed E-state index contributed by atoms with van der Waals surface area (Å²) in [4.78, 5) is 13.3. The zero-order valence-corrected chi connectivity index (χ0v) is 11.0. The molecule has 0 bridgehead atoms. The van der Waals surface area contributed by atoms with Crippen LogP contribution >= 0.6 is 23.2 Å². The Morgan fingerprint density at radius 1 is 1.47 bits per heavy atom. The van der Waals surface area contributed by atoms with Gasteiger partial charge >= 0.3 is 5.97 Å². The predicted octanol–water partition coefficient (Wildman–Crippen LogP) is 3.20. The van der Waals surface area contributed by atoms with Crippen molar-refractivity contribution in [2.24, 2.45) is 0 Å². The molecule has 1 aromatic carbocycles. The maximum atomic E-state index is 11.4. The Kier molecular flexibility index (Phi) is 3.50. The van der Waals surface area contributed by atoms with Gasteiger partial charge in [0.25, 0.3) is 0 Å². The molecule has 1 fully saturated rings. The summed E-state index contributed by atoms with van der Waals surface area (Å²) in [6.07, 6.45) is 1.66. The van der Waals surface area contributed by atoms with E-state index in [9.17, 15) is 4.79 Å². The Balaban J connectivity index is 2.30. The quantitative estimate of drug-likeness (QED) is 0.471. The second-order valence-corrected chi connectivity index (χ2v) is 5.41. The molecule has 0 N–H and O–H groups in total. The topological polar surface area (TPSA) is 29.5 Å². The van der Waals surface area contributed by atoms with Gasteiger partial charge in [0.05, 0.1) is 12.7 Å². The van der Waals surface area contributed by atoms with Gasteiger partial charge in [-0.1, -0.05) is 29.3 Å². The summed E-state index contributed by atoms with van der Waals surface area (Å²) in [5, 5.41) is 0. The number of halogens is 2. The van der Waals surface area contributed by atoms with Gasteiger partial charge in [0, 0.05) is 18.7 Å². The third-order valence-corrected chi connectivity index (χ3v) is 3.62. The predicted molar refractivity (Wildman–Crippen MR) is 68.8 cm³/mol. The summed E-state index contributed by atoms with van der Waals surface area (Å²) in [5.74, 6) is -0.360. The number of benzene rings is 1. The van der Waals surface area contributed by atoms with E-state index in [0.29, 0.717) is 5.56 Å². The van der Waals surface area contributed by atoms with Crippen LogP contribution in [0.5, 0.6) is 0 Å². The number of methoxy groups -OCH3 is 1. The second kappa shape index (κ2) is 4.75. The van der Waals surface area contributed by atoms with Gasteiger partial charge < -0.3 is 9.64 Å². The van der Waals surface area contributed by atoms with Crippen LogP contribution in [-0.2, 0) is 4.74 Å². The number of hydrogen-bond acceptors (Lipinski definition) is 3. The van der Waals surface area contributed by atoms with E-state index in [1.165, 1.54) is 7.11 Å². The summed E-state index contributed by atoms with van der Waals surface area (Å²) in [6, 6.07) is 7.13. The lowest BCUT2D eigenvalue weighted by molar-refractivity contribution is 0.0601. The van der Waals surface area contributed by atoms with E-state index in [1.807, 2.05) is 11.0 Å². The average molecular weight is 274 g/mol. The molecular weight excluding hydrogens is 261 g/mol. The minimum absolute atomic E-state index is 0.360. The lowest BCUT2D eigenvalue weighted by Crippen LogP contribution is -2.33. The van der Waals surface area contributed by atoms with Crippen LogP contribution in [0.15, 0.2) is 24.3 Å². The van der Waals surface area contributed by atoms with Crippen molar-refractivity contribution in [1.29, 1.82) is 0 Å². The normalized spacial score (nSPS) is 18.2. The van der Waals surface area contributed by atoms with E-state index in [0.717, 1.165) is 25.1 Å². The molecule has 1 saturated heterocycles. The minimum atomic E-state index is -0.880. The van der Waals surface area contributed by atoms with Gasteiger partial charge in [0.1, 0.15) is 0 Å². The van der Waals surface area contributed by atoms with Crippen LogP contribution < -0.4 is 4.90 Å². The minimum Gasteiger partial charge on any atom is -0.465 e. The monoisotopic (exact) mass is 273 g/mol. The van der Waals surface area contributed by atoms with E-state index >= 15 is 0 Å². The van der Waals surface area contributed by atoms with E-state index in [1.54, 1.807) is 18.2 Å². The first-order chi connectivity index (χ1) is 8.04. The van der Waals surface area contributed by atoms with Crippen LogP contribution in [0.1, 0.15) is 23.2 Å². The van der Waals surface area contributed by atoms with E-state index < -0.39 is 4.46 Å². The number of hydrogen-bond donors (Lipinski definition) is 0. The molecule has 0 amide bonds. The Bertz CT molecular complexity index is 434. The van der Waals surface area contributed by atoms with Crippen LogP contribution in [0.25, 0.3) is 0 Å². The van der Waals surface area contributed by atoms with Crippen molar-refractivity contribution in [2.45, 2.75) is 17.3 Å². The Morgan fingerprint density at radius 2 is 2.24 bits per heavy atom. The number of nitrogens with zero attached hydrogens (tertiary/aromatic N) is 1. The number of carbonyl (C=O) groups is 1. The Morgan fingerprint density at radius 3 is 2.82 bits per heavy atom. The maximum absolute atomic E-state index is 11.4. The third kappa shape index (κ3) is 2.50. The highest BCUT2D eigenvalue weighted by Gasteiger charge is 2.37. The summed E-state index contributed by atoms with van der Waals surface area (Å²) < 4.78 is 3.80. The van der Waals surface area contributed by atoms with Crippen LogP contribution in [0, 0.1) is 0 Å². The molecule has 0 saturated carbocycles. The van der Waals surface area contributed by atoms with E-state index in [2.05, 4.69) is 4.74 Å². The highest BCUT2D eigenvalue weighted by atomic mass is 35.5. The lowest BCUT2D eigenvalue weighted by Gasteiger charge is -2.29. The molecular formula is C12H13Cl2NO2. The molecule has 0 aromatic heterocycles. The number of carbonyl (C=O) groups excluding carboxylic acids is 1. The standard InChI is InChI=1S/C12H13Cl2NO2/c1-17-11(16)9-4-2-5-10(8-9)15-7-3-6-12(15,13)14/h2,4-5,8H,3,6-7H2,1H3. The second-order valence-electron chi connectivity index (χ2n) is 3.96. The molecule has 0 atom stereocenters. The summed E-state index contributed by atoms with van der Waals surface area (Å²) in [5.41, 5.74) is 1.34. The first-order valence-corrected chi connectivity index (χ1v) is 6.14. The van der Waals surface area contributed by atoms with Crippen molar-refractivity contribution >= 4 is 34.9 Å². The van der Waals surface area contributed by atoms with E-state index in [-0.39, 0.29) is 5.97 Å². The molecule has 1 aliphatic heterocycles. The van der Waals surface area contributed by atoms with Gasteiger partial charge in [-0.3, -0.25) is 0 Å². The number of esters is 1. The fourth-order valence-electron chi connectivity index (χ4n) is 1.98. The molecule has 1 aromatic rings. The fourth-order valence-corrected chi connectivity index (χ4v) is 2.62. The molecule has 1 heterocycles. The Hall–Kier alpha value is -0.930. The van der Waals surface area contributed by atoms with Crippen LogP contribution in [0.3, 0.4) is 0 Å². The van der Waals surface area contributed by atoms with Crippen LogP contribution in [-0.4, -0.2) is 24.1 Å². The smallest absolute Gasteiger partial charge is 0.337 e.